The van der Waals surface area contributed by atoms with E-state index in [1.807, 2.05) is 20.8 Å². The molecule has 0 aromatic heterocycles. The molecule has 2 N–H and O–H groups in total. The van der Waals surface area contributed by atoms with Crippen molar-refractivity contribution in [1.29, 1.82) is 0 Å². The van der Waals surface area contributed by atoms with E-state index in [1.54, 1.807) is 37.3 Å². The number of carbonyl (C=O) groups excluding carboxylic acids is 1. The van der Waals surface area contributed by atoms with Gasteiger partial charge in [-0.2, -0.15) is 0 Å². The fraction of sp³-hybridized carbons (Fsp3) is 0.588. The van der Waals surface area contributed by atoms with Crippen LogP contribution in [0.4, 0.5) is 0 Å². The van der Waals surface area contributed by atoms with Crippen LogP contribution in [0, 0.1) is 11.3 Å². The van der Waals surface area contributed by atoms with Crippen molar-refractivity contribution < 1.29 is 19.7 Å². The number of aliphatic hydroxyl groups is 2. The maximum atomic E-state index is 12.0. The standard InChI is InChI=1S/C17H26O4/c1-5-12(3)14(18)17(4,6-2)16(20)21-15(19)13-10-8-7-9-11-13/h7-12,14,16,18,20H,5-6H2,1-4H3. The monoisotopic (exact) mass is 294 g/mol. The van der Waals surface area contributed by atoms with Crippen molar-refractivity contribution in [2.75, 3.05) is 0 Å². The quantitative estimate of drug-likeness (QED) is 0.599. The second-order valence-corrected chi connectivity index (χ2v) is 5.81. The molecule has 21 heavy (non-hydrogen) atoms. The number of benzene rings is 1. The molecule has 118 valence electrons. The van der Waals surface area contributed by atoms with Crippen molar-refractivity contribution in [3.63, 3.8) is 0 Å². The van der Waals surface area contributed by atoms with Gasteiger partial charge in [0.2, 0.25) is 6.29 Å². The summed E-state index contributed by atoms with van der Waals surface area (Å²) in [6.07, 6.45) is -0.803. The van der Waals surface area contributed by atoms with Crippen LogP contribution in [0.5, 0.6) is 0 Å². The summed E-state index contributed by atoms with van der Waals surface area (Å²) >= 11 is 0. The van der Waals surface area contributed by atoms with Gasteiger partial charge in [-0.05, 0) is 24.5 Å². The van der Waals surface area contributed by atoms with Crippen molar-refractivity contribution in [2.45, 2.75) is 52.9 Å². The predicted molar refractivity (Wildman–Crippen MR) is 81.7 cm³/mol. The summed E-state index contributed by atoms with van der Waals surface area (Å²) in [6.45, 7) is 7.51. The molecule has 0 radical (unpaired) electrons. The van der Waals surface area contributed by atoms with Gasteiger partial charge in [-0.25, -0.2) is 4.79 Å². The van der Waals surface area contributed by atoms with Crippen LogP contribution in [-0.2, 0) is 4.74 Å². The molecule has 0 amide bonds. The molecular weight excluding hydrogens is 268 g/mol. The molecule has 0 fully saturated rings. The topological polar surface area (TPSA) is 66.8 Å². The van der Waals surface area contributed by atoms with E-state index in [0.717, 1.165) is 6.42 Å². The van der Waals surface area contributed by atoms with Crippen LogP contribution in [0.3, 0.4) is 0 Å². The normalized spacial score (nSPS) is 18.4. The van der Waals surface area contributed by atoms with Crippen molar-refractivity contribution in [2.24, 2.45) is 11.3 Å². The van der Waals surface area contributed by atoms with Crippen LogP contribution in [-0.4, -0.2) is 28.6 Å². The van der Waals surface area contributed by atoms with Gasteiger partial charge >= 0.3 is 5.97 Å². The number of carbonyl (C=O) groups is 1. The van der Waals surface area contributed by atoms with E-state index in [-0.39, 0.29) is 5.92 Å². The van der Waals surface area contributed by atoms with Crippen molar-refractivity contribution in [3.05, 3.63) is 35.9 Å². The zero-order valence-corrected chi connectivity index (χ0v) is 13.2. The third kappa shape index (κ3) is 4.05. The maximum Gasteiger partial charge on any atom is 0.340 e. The van der Waals surface area contributed by atoms with Gasteiger partial charge in [-0.15, -0.1) is 0 Å². The summed E-state index contributed by atoms with van der Waals surface area (Å²) in [6, 6.07) is 8.52. The molecule has 0 saturated carbocycles. The lowest BCUT2D eigenvalue weighted by Crippen LogP contribution is -2.47. The summed E-state index contributed by atoms with van der Waals surface area (Å²) in [7, 11) is 0. The Balaban J connectivity index is 2.84. The highest BCUT2D eigenvalue weighted by Gasteiger charge is 2.43. The molecule has 4 unspecified atom stereocenters. The Bertz CT molecular complexity index is 445. The van der Waals surface area contributed by atoms with Crippen LogP contribution in [0.25, 0.3) is 0 Å². The molecule has 1 aromatic rings. The van der Waals surface area contributed by atoms with Gasteiger partial charge in [0.15, 0.2) is 0 Å². The highest BCUT2D eigenvalue weighted by molar-refractivity contribution is 5.89. The lowest BCUT2D eigenvalue weighted by atomic mass is 9.75. The lowest BCUT2D eigenvalue weighted by Gasteiger charge is -2.39. The van der Waals surface area contributed by atoms with Gasteiger partial charge in [-0.1, -0.05) is 52.3 Å². The fourth-order valence-corrected chi connectivity index (χ4v) is 2.28. The highest BCUT2D eigenvalue weighted by atomic mass is 16.6. The van der Waals surface area contributed by atoms with E-state index in [1.165, 1.54) is 0 Å². The van der Waals surface area contributed by atoms with Gasteiger partial charge in [0.25, 0.3) is 0 Å². The molecule has 0 heterocycles. The third-order valence-electron chi connectivity index (χ3n) is 4.41. The van der Waals surface area contributed by atoms with E-state index in [0.29, 0.717) is 12.0 Å². The molecular formula is C17H26O4. The highest BCUT2D eigenvalue weighted by Crippen LogP contribution is 2.36. The molecule has 0 spiro atoms. The first-order valence-corrected chi connectivity index (χ1v) is 7.49. The SMILES string of the molecule is CCC(C)C(O)C(C)(CC)C(O)OC(=O)c1ccccc1. The molecule has 0 aliphatic heterocycles. The smallest absolute Gasteiger partial charge is 0.340 e. The minimum Gasteiger partial charge on any atom is -0.432 e. The predicted octanol–water partition coefficient (Wildman–Crippen LogP) is 2.99. The molecule has 1 aromatic carbocycles. The fourth-order valence-electron chi connectivity index (χ4n) is 2.28. The van der Waals surface area contributed by atoms with Crippen molar-refractivity contribution >= 4 is 5.97 Å². The average molecular weight is 294 g/mol. The Hall–Kier alpha value is -1.39. The molecule has 0 saturated heterocycles. The van der Waals surface area contributed by atoms with Crippen LogP contribution >= 0.6 is 0 Å². The second kappa shape index (κ2) is 7.57. The zero-order valence-electron chi connectivity index (χ0n) is 13.2. The summed E-state index contributed by atoms with van der Waals surface area (Å²) in [5.41, 5.74) is -0.507. The molecule has 0 bridgehead atoms. The Morgan fingerprint density at radius 1 is 1.24 bits per heavy atom. The minimum absolute atomic E-state index is 0.0139. The lowest BCUT2D eigenvalue weighted by molar-refractivity contribution is -0.183. The van der Waals surface area contributed by atoms with Crippen LogP contribution in [0.2, 0.25) is 0 Å². The first-order valence-electron chi connectivity index (χ1n) is 7.49. The average Bonchev–Trinajstić information content (AvgIpc) is 2.53. The number of esters is 1. The van der Waals surface area contributed by atoms with Crippen molar-refractivity contribution in [1.82, 2.24) is 0 Å². The minimum atomic E-state index is -1.35. The largest absolute Gasteiger partial charge is 0.432 e. The molecule has 4 nitrogen and oxygen atoms in total. The number of aliphatic hydroxyl groups excluding tert-OH is 2. The number of hydrogen-bond donors (Lipinski definition) is 2. The Morgan fingerprint density at radius 2 is 1.81 bits per heavy atom. The summed E-state index contributed by atoms with van der Waals surface area (Å²) in [5, 5.41) is 20.8. The van der Waals surface area contributed by atoms with Crippen LogP contribution in [0.15, 0.2) is 30.3 Å². The third-order valence-corrected chi connectivity index (χ3v) is 4.41. The molecule has 1 rings (SSSR count). The second-order valence-electron chi connectivity index (χ2n) is 5.81. The molecule has 4 atom stereocenters. The van der Waals surface area contributed by atoms with Gasteiger partial charge in [0, 0.05) is 0 Å². The summed E-state index contributed by atoms with van der Waals surface area (Å²) < 4.78 is 5.16. The van der Waals surface area contributed by atoms with E-state index in [4.69, 9.17) is 4.74 Å². The van der Waals surface area contributed by atoms with Crippen LogP contribution in [0.1, 0.15) is 50.9 Å². The Morgan fingerprint density at radius 3 is 2.29 bits per heavy atom. The Kier molecular flexibility index (Phi) is 6.37. The zero-order chi connectivity index (χ0) is 16.0. The number of ether oxygens (including phenoxy) is 1. The van der Waals surface area contributed by atoms with Crippen LogP contribution < -0.4 is 0 Å². The number of rotatable bonds is 7. The van der Waals surface area contributed by atoms with E-state index in [9.17, 15) is 15.0 Å². The molecule has 4 heteroatoms. The maximum absolute atomic E-state index is 12.0. The van der Waals surface area contributed by atoms with Gasteiger partial charge < -0.3 is 14.9 Å². The van der Waals surface area contributed by atoms with E-state index >= 15 is 0 Å². The Labute approximate surface area is 126 Å². The van der Waals surface area contributed by atoms with Gasteiger partial charge in [0.05, 0.1) is 17.1 Å². The van der Waals surface area contributed by atoms with Gasteiger partial charge in [0.1, 0.15) is 0 Å². The van der Waals surface area contributed by atoms with E-state index in [2.05, 4.69) is 0 Å². The van der Waals surface area contributed by atoms with E-state index < -0.39 is 23.8 Å². The first kappa shape index (κ1) is 17.7. The summed E-state index contributed by atoms with van der Waals surface area (Å²) in [5.74, 6) is -0.570. The van der Waals surface area contributed by atoms with Crippen molar-refractivity contribution in [3.8, 4) is 0 Å². The molecule has 0 aliphatic rings. The summed E-state index contributed by atoms with van der Waals surface area (Å²) in [4.78, 5) is 12.0. The number of hydrogen-bond acceptors (Lipinski definition) is 4. The first-order chi connectivity index (χ1) is 9.86. The molecule has 0 aliphatic carbocycles. The van der Waals surface area contributed by atoms with Gasteiger partial charge in [-0.3, -0.25) is 0 Å².